The number of rotatable bonds is 5. The Morgan fingerprint density at radius 3 is 2.22 bits per heavy atom. The Kier molecular flexibility index (Phi) is 5.37. The second kappa shape index (κ2) is 6.93. The first-order valence-corrected chi connectivity index (χ1v) is 12.5. The minimum atomic E-state index is -5.30. The zero-order valence-electron chi connectivity index (χ0n) is 14.1. The van der Waals surface area contributed by atoms with Crippen LogP contribution in [0.4, 0.5) is 0 Å². The third-order valence-electron chi connectivity index (χ3n) is 4.72. The van der Waals surface area contributed by atoms with Crippen LogP contribution in [0.15, 0.2) is 40.9 Å². The van der Waals surface area contributed by atoms with Gasteiger partial charge in [-0.15, -0.1) is 0 Å². The summed E-state index contributed by atoms with van der Waals surface area (Å²) in [5.74, 6) is 0. The van der Waals surface area contributed by atoms with E-state index in [1.165, 1.54) is 6.07 Å². The van der Waals surface area contributed by atoms with Crippen LogP contribution in [0.3, 0.4) is 0 Å². The Balaban J connectivity index is 2.55. The summed E-state index contributed by atoms with van der Waals surface area (Å²) in [6.07, 6.45) is 1.04. The molecule has 10 heteroatoms. The molecule has 1 atom stereocenters. The van der Waals surface area contributed by atoms with Crippen LogP contribution in [0.2, 0.25) is 0 Å². The van der Waals surface area contributed by atoms with E-state index >= 15 is 0 Å². The van der Waals surface area contributed by atoms with E-state index in [0.29, 0.717) is 34.0 Å². The molecule has 0 aromatic heterocycles. The second-order valence-electron chi connectivity index (χ2n) is 6.31. The van der Waals surface area contributed by atoms with Gasteiger partial charge in [0.1, 0.15) is 0 Å². The number of benzene rings is 2. The number of hydrogen-bond acceptors (Lipinski definition) is 4. The van der Waals surface area contributed by atoms with E-state index in [1.54, 1.807) is 30.3 Å². The molecular formula is C17H16Br2O6S2. The number of fused-ring (bicyclic) bond motifs is 3. The number of alkyl halides is 1. The number of hydrogen-bond donors (Lipinski definition) is 2. The van der Waals surface area contributed by atoms with Gasteiger partial charge in [-0.05, 0) is 41.7 Å². The molecule has 6 nitrogen and oxygen atoms in total. The van der Waals surface area contributed by atoms with Gasteiger partial charge in [-0.1, -0.05) is 63.0 Å². The van der Waals surface area contributed by atoms with Crippen molar-refractivity contribution in [3.63, 3.8) is 0 Å². The highest BCUT2D eigenvalue weighted by atomic mass is 79.9. The maximum Gasteiger partial charge on any atom is 0.296 e. The summed E-state index contributed by atoms with van der Waals surface area (Å²) in [6.45, 7) is 1.92. The largest absolute Gasteiger partial charge is 0.296 e. The highest BCUT2D eigenvalue weighted by Crippen LogP contribution is 2.56. The molecule has 0 saturated heterocycles. The Morgan fingerprint density at radius 2 is 1.67 bits per heavy atom. The van der Waals surface area contributed by atoms with Crippen molar-refractivity contribution in [1.82, 2.24) is 0 Å². The normalized spacial score (nSPS) is 16.6. The third kappa shape index (κ3) is 3.10. The van der Waals surface area contributed by atoms with Gasteiger partial charge in [0.15, 0.2) is 0 Å². The van der Waals surface area contributed by atoms with Gasteiger partial charge in [0.2, 0.25) is 0 Å². The summed E-state index contributed by atoms with van der Waals surface area (Å²) in [6, 6.07) is 9.38. The average Bonchev–Trinajstić information content (AvgIpc) is 2.85. The summed E-state index contributed by atoms with van der Waals surface area (Å²) in [5.41, 5.74) is 0.765. The molecule has 1 aliphatic carbocycles. The average molecular weight is 540 g/mol. The van der Waals surface area contributed by atoms with Crippen LogP contribution >= 0.6 is 31.9 Å². The van der Waals surface area contributed by atoms with Gasteiger partial charge in [0.05, 0.1) is 0 Å². The first-order chi connectivity index (χ1) is 12.4. The van der Waals surface area contributed by atoms with Gasteiger partial charge in [-0.3, -0.25) is 9.11 Å². The highest BCUT2D eigenvalue weighted by molar-refractivity contribution is 9.10. The van der Waals surface area contributed by atoms with Crippen molar-refractivity contribution in [3.05, 3.63) is 57.6 Å². The van der Waals surface area contributed by atoms with Crippen LogP contribution in [0, 0.1) is 0 Å². The maximum absolute atomic E-state index is 12.5. The Hall–Kier alpha value is -0.780. The van der Waals surface area contributed by atoms with E-state index in [9.17, 15) is 25.9 Å². The van der Waals surface area contributed by atoms with Crippen LogP contribution in [0.1, 0.15) is 30.0 Å². The summed E-state index contributed by atoms with van der Waals surface area (Å²) >= 11 is 6.68. The van der Waals surface area contributed by atoms with Crippen molar-refractivity contribution in [2.24, 2.45) is 0 Å². The quantitative estimate of drug-likeness (QED) is 0.437. The molecule has 27 heavy (non-hydrogen) atoms. The zero-order valence-corrected chi connectivity index (χ0v) is 18.9. The summed E-state index contributed by atoms with van der Waals surface area (Å²) in [5, 5.41) is 0. The summed E-state index contributed by atoms with van der Waals surface area (Å²) in [4.78, 5) is -0.0417. The van der Waals surface area contributed by atoms with Crippen molar-refractivity contribution < 1.29 is 25.9 Å². The van der Waals surface area contributed by atoms with Crippen LogP contribution < -0.4 is 0 Å². The molecule has 3 rings (SSSR count). The van der Waals surface area contributed by atoms with Crippen molar-refractivity contribution >= 4 is 52.1 Å². The van der Waals surface area contributed by atoms with Crippen molar-refractivity contribution in [2.75, 3.05) is 0 Å². The number of halogens is 2. The van der Waals surface area contributed by atoms with Gasteiger partial charge < -0.3 is 0 Å². The lowest BCUT2D eigenvalue weighted by Gasteiger charge is -2.27. The van der Waals surface area contributed by atoms with E-state index in [-0.39, 0.29) is 16.0 Å². The molecule has 0 radical (unpaired) electrons. The molecule has 0 bridgehead atoms. The van der Waals surface area contributed by atoms with Gasteiger partial charge >= 0.3 is 0 Å². The van der Waals surface area contributed by atoms with Gasteiger partial charge in [0, 0.05) is 20.4 Å². The first-order valence-electron chi connectivity index (χ1n) is 7.96. The molecule has 2 aromatic rings. The van der Waals surface area contributed by atoms with Crippen molar-refractivity contribution in [1.29, 1.82) is 0 Å². The molecule has 1 unspecified atom stereocenters. The lowest BCUT2D eigenvalue weighted by atomic mass is 9.97. The van der Waals surface area contributed by atoms with Gasteiger partial charge in [0.25, 0.3) is 24.3 Å². The molecule has 146 valence electrons. The predicted octanol–water partition coefficient (Wildman–Crippen LogP) is 4.12. The molecule has 0 aliphatic heterocycles. The minimum Gasteiger partial charge on any atom is -0.284 e. The fourth-order valence-electron chi connectivity index (χ4n) is 3.59. The Bertz CT molecular complexity index is 1090. The van der Waals surface area contributed by atoms with Crippen molar-refractivity contribution in [3.8, 4) is 11.1 Å². The predicted molar refractivity (Wildman–Crippen MR) is 110 cm³/mol. The molecule has 2 N–H and O–H groups in total. The maximum atomic E-state index is 12.5. The summed E-state index contributed by atoms with van der Waals surface area (Å²) in [7, 11) is -10.6. The fourth-order valence-corrected chi connectivity index (χ4v) is 7.26. The van der Waals surface area contributed by atoms with E-state index in [2.05, 4.69) is 31.9 Å². The van der Waals surface area contributed by atoms with E-state index in [1.807, 2.05) is 6.92 Å². The van der Waals surface area contributed by atoms with Gasteiger partial charge in [-0.2, -0.15) is 16.8 Å². The molecule has 0 fully saturated rings. The van der Waals surface area contributed by atoms with Crippen LogP contribution in [0.5, 0.6) is 0 Å². The molecule has 0 spiro atoms. The van der Waals surface area contributed by atoms with Crippen molar-refractivity contribution in [2.45, 2.75) is 28.7 Å². The fraction of sp³-hybridized carbons (Fsp3) is 0.294. The standard InChI is InChI=1S/C17H16Br2O6S2/c1-2-11(18)8-10-4-3-5-14-13-7-6-12(19)9-15(13)17(16(10)14,26(20,21)22)27(23,24)25/h3-7,9,11H,2,8H2,1H3,(H,20,21,22)(H,23,24,25). The highest BCUT2D eigenvalue weighted by Gasteiger charge is 2.63. The molecule has 2 aromatic carbocycles. The Labute approximate surface area is 174 Å². The SMILES string of the molecule is CCC(Br)Cc1cccc2c1C(S(=O)(=O)O)(S(=O)(=O)O)c1cc(Br)ccc1-2. The van der Waals surface area contributed by atoms with E-state index in [4.69, 9.17) is 0 Å². The van der Waals surface area contributed by atoms with E-state index < -0.39 is 24.3 Å². The zero-order chi connectivity index (χ0) is 20.2. The third-order valence-corrected chi connectivity index (χ3v) is 9.75. The topological polar surface area (TPSA) is 109 Å². The van der Waals surface area contributed by atoms with Gasteiger partial charge in [-0.25, -0.2) is 0 Å². The second-order valence-corrected chi connectivity index (χ2v) is 11.9. The molecule has 1 aliphatic rings. The molecular weight excluding hydrogens is 524 g/mol. The lowest BCUT2D eigenvalue weighted by molar-refractivity contribution is 0.439. The first kappa shape index (κ1) is 20.9. The van der Waals surface area contributed by atoms with Crippen LogP contribution in [-0.2, 0) is 30.7 Å². The smallest absolute Gasteiger partial charge is 0.284 e. The summed E-state index contributed by atoms with van der Waals surface area (Å²) < 4.78 is 67.8. The van der Waals surface area contributed by atoms with Crippen LogP contribution in [0.25, 0.3) is 11.1 Å². The molecule has 0 amide bonds. The Morgan fingerprint density at radius 1 is 1.04 bits per heavy atom. The minimum absolute atomic E-state index is 0.0417. The lowest BCUT2D eigenvalue weighted by Crippen LogP contribution is -2.43. The van der Waals surface area contributed by atoms with E-state index in [0.717, 1.165) is 0 Å². The van der Waals surface area contributed by atoms with Crippen LogP contribution in [-0.4, -0.2) is 30.8 Å². The molecule has 0 heterocycles. The molecule has 0 saturated carbocycles. The monoisotopic (exact) mass is 538 g/mol.